The molecule has 114 valence electrons. The minimum absolute atomic E-state index is 0.274. The van der Waals surface area contributed by atoms with Crippen LogP contribution in [0.3, 0.4) is 0 Å². The van der Waals surface area contributed by atoms with Crippen LogP contribution in [0.1, 0.15) is 41.4 Å². The minimum Gasteiger partial charge on any atom is -0.307 e. The second-order valence-electron chi connectivity index (χ2n) is 5.51. The molecule has 1 fully saturated rings. The van der Waals surface area contributed by atoms with Crippen LogP contribution in [-0.2, 0) is 10.0 Å². The zero-order chi connectivity index (χ0) is 14.9. The van der Waals surface area contributed by atoms with E-state index in [4.69, 9.17) is 0 Å². The Morgan fingerprint density at radius 2 is 1.95 bits per heavy atom. The van der Waals surface area contributed by atoms with Crippen molar-refractivity contribution in [1.29, 1.82) is 0 Å². The quantitative estimate of drug-likeness (QED) is 0.920. The van der Waals surface area contributed by atoms with E-state index < -0.39 is 10.0 Å². The highest BCUT2D eigenvalue weighted by Gasteiger charge is 2.26. The molecule has 1 aromatic rings. The molecule has 1 aliphatic heterocycles. The third-order valence-corrected chi connectivity index (χ3v) is 6.30. The summed E-state index contributed by atoms with van der Waals surface area (Å²) in [6.07, 6.45) is 3.02. The lowest BCUT2D eigenvalue weighted by molar-refractivity contribution is 0.279. The topological polar surface area (TPSA) is 62.3 Å². The molecule has 0 saturated carbocycles. The molecule has 1 N–H and O–H groups in total. The molecule has 0 aliphatic carbocycles. The number of nitrogens with one attached hydrogen (secondary N) is 1. The van der Waals surface area contributed by atoms with Crippen LogP contribution >= 0.6 is 11.3 Å². The molecule has 20 heavy (non-hydrogen) atoms. The molecule has 2 rings (SSSR count). The van der Waals surface area contributed by atoms with Crippen LogP contribution in [0.2, 0.25) is 0 Å². The molecule has 1 aliphatic rings. The second-order valence-corrected chi connectivity index (χ2v) is 8.72. The summed E-state index contributed by atoms with van der Waals surface area (Å²) in [6, 6.07) is 0.654. The third kappa shape index (κ3) is 3.78. The molecule has 0 aromatic carbocycles. The number of hydrogen-bond donors (Lipinski definition) is 1. The molecule has 0 amide bonds. The van der Waals surface area contributed by atoms with E-state index in [0.717, 1.165) is 23.5 Å². The van der Waals surface area contributed by atoms with Crippen LogP contribution in [0.15, 0.2) is 0 Å². The maximum absolute atomic E-state index is 11.5. The number of hydrogen-bond acceptors (Lipinski definition) is 5. The average Bonchev–Trinajstić information content (AvgIpc) is 2.68. The summed E-state index contributed by atoms with van der Waals surface area (Å²) in [5.41, 5.74) is 1.10. The molecule has 1 saturated heterocycles. The van der Waals surface area contributed by atoms with E-state index in [-0.39, 0.29) is 6.04 Å². The van der Waals surface area contributed by atoms with Gasteiger partial charge in [-0.1, -0.05) is 0 Å². The summed E-state index contributed by atoms with van der Waals surface area (Å²) in [4.78, 5) is 5.75. The van der Waals surface area contributed by atoms with Gasteiger partial charge in [0.25, 0.3) is 0 Å². The summed E-state index contributed by atoms with van der Waals surface area (Å²) >= 11 is 1.74. The summed E-state index contributed by atoms with van der Waals surface area (Å²) < 4.78 is 24.5. The van der Waals surface area contributed by atoms with Crippen molar-refractivity contribution in [3.05, 3.63) is 15.6 Å². The summed E-state index contributed by atoms with van der Waals surface area (Å²) in [5, 5.41) is 4.71. The molecule has 0 radical (unpaired) electrons. The number of aromatic nitrogens is 1. The predicted molar refractivity (Wildman–Crippen MR) is 82.6 cm³/mol. The van der Waals surface area contributed by atoms with Gasteiger partial charge in [0.1, 0.15) is 0 Å². The largest absolute Gasteiger partial charge is 0.307 e. The van der Waals surface area contributed by atoms with Crippen molar-refractivity contribution in [3.63, 3.8) is 0 Å². The maximum atomic E-state index is 11.5. The normalized spacial score (nSPS) is 20.2. The molecule has 5 nitrogen and oxygen atoms in total. The minimum atomic E-state index is -3.04. The average molecular weight is 317 g/mol. The Morgan fingerprint density at radius 3 is 2.40 bits per heavy atom. The Kier molecular flexibility index (Phi) is 4.84. The first kappa shape index (κ1) is 15.9. The van der Waals surface area contributed by atoms with Crippen molar-refractivity contribution in [2.75, 3.05) is 19.3 Å². The first-order valence-corrected chi connectivity index (χ1v) is 9.59. The van der Waals surface area contributed by atoms with Gasteiger partial charge in [-0.2, -0.15) is 0 Å². The maximum Gasteiger partial charge on any atom is 0.211 e. The van der Waals surface area contributed by atoms with Crippen LogP contribution in [-0.4, -0.2) is 43.1 Å². The van der Waals surface area contributed by atoms with Crippen LogP contribution in [0.4, 0.5) is 0 Å². The Hall–Kier alpha value is -0.500. The highest BCUT2D eigenvalue weighted by Crippen LogP contribution is 2.26. The van der Waals surface area contributed by atoms with Crippen molar-refractivity contribution in [1.82, 2.24) is 14.6 Å². The van der Waals surface area contributed by atoms with Gasteiger partial charge in [0.15, 0.2) is 0 Å². The second kappa shape index (κ2) is 6.09. The van der Waals surface area contributed by atoms with Gasteiger partial charge in [0.2, 0.25) is 10.0 Å². The first-order chi connectivity index (χ1) is 9.27. The SMILES string of the molecule is Cc1nc(C)c(C(C)NC2CCN(S(C)(=O)=O)CC2)s1. The standard InChI is InChI=1S/C13H23N3O2S2/c1-9-13(19-11(3)14-9)10(2)15-12-5-7-16(8-6-12)20(4,17)18/h10,12,15H,5-8H2,1-4H3. The number of sulfonamides is 1. The zero-order valence-corrected chi connectivity index (χ0v) is 14.1. The Labute approximate surface area is 125 Å². The molecule has 2 heterocycles. The van der Waals surface area contributed by atoms with Crippen LogP contribution in [0.5, 0.6) is 0 Å². The highest BCUT2D eigenvalue weighted by molar-refractivity contribution is 7.88. The van der Waals surface area contributed by atoms with Crippen molar-refractivity contribution >= 4 is 21.4 Å². The zero-order valence-electron chi connectivity index (χ0n) is 12.5. The van der Waals surface area contributed by atoms with E-state index in [0.29, 0.717) is 19.1 Å². The summed E-state index contributed by atoms with van der Waals surface area (Å²) in [7, 11) is -3.04. The Balaban J connectivity index is 1.91. The highest BCUT2D eigenvalue weighted by atomic mass is 32.2. The van der Waals surface area contributed by atoms with Gasteiger partial charge < -0.3 is 5.32 Å². The van der Waals surface area contributed by atoms with Crippen LogP contribution in [0, 0.1) is 13.8 Å². The smallest absolute Gasteiger partial charge is 0.211 e. The van der Waals surface area contributed by atoms with Crippen molar-refractivity contribution in [2.45, 2.75) is 45.7 Å². The van der Waals surface area contributed by atoms with E-state index in [1.54, 1.807) is 15.6 Å². The Morgan fingerprint density at radius 1 is 1.35 bits per heavy atom. The van der Waals surface area contributed by atoms with Gasteiger partial charge in [0, 0.05) is 30.1 Å². The van der Waals surface area contributed by atoms with Gasteiger partial charge in [0.05, 0.1) is 17.0 Å². The number of rotatable bonds is 4. The van der Waals surface area contributed by atoms with Crippen molar-refractivity contribution in [3.8, 4) is 0 Å². The number of piperidine rings is 1. The molecular weight excluding hydrogens is 294 g/mol. The predicted octanol–water partition coefficient (Wildman–Crippen LogP) is 1.83. The third-order valence-electron chi connectivity index (χ3n) is 3.74. The first-order valence-electron chi connectivity index (χ1n) is 6.92. The van der Waals surface area contributed by atoms with Crippen LogP contribution in [0.25, 0.3) is 0 Å². The number of aryl methyl sites for hydroxylation is 2. The molecule has 1 aromatic heterocycles. The monoisotopic (exact) mass is 317 g/mol. The molecule has 0 spiro atoms. The summed E-state index contributed by atoms with van der Waals surface area (Å²) in [6.45, 7) is 7.46. The lowest BCUT2D eigenvalue weighted by Gasteiger charge is -2.32. The van der Waals surface area contributed by atoms with Gasteiger partial charge in [-0.05, 0) is 33.6 Å². The molecule has 7 heteroatoms. The van der Waals surface area contributed by atoms with Gasteiger partial charge in [-0.25, -0.2) is 17.7 Å². The van der Waals surface area contributed by atoms with Gasteiger partial charge in [-0.3, -0.25) is 0 Å². The van der Waals surface area contributed by atoms with Crippen molar-refractivity contribution < 1.29 is 8.42 Å². The molecule has 1 unspecified atom stereocenters. The van der Waals surface area contributed by atoms with E-state index in [1.165, 1.54) is 11.1 Å². The fourth-order valence-corrected chi connectivity index (χ4v) is 4.55. The van der Waals surface area contributed by atoms with E-state index in [1.807, 2.05) is 13.8 Å². The molecule has 1 atom stereocenters. The fraction of sp³-hybridized carbons (Fsp3) is 0.769. The number of thiazole rings is 1. The van der Waals surface area contributed by atoms with E-state index >= 15 is 0 Å². The summed E-state index contributed by atoms with van der Waals surface area (Å²) in [5.74, 6) is 0. The fourth-order valence-electron chi connectivity index (χ4n) is 2.73. The molecule has 0 bridgehead atoms. The molecular formula is C13H23N3O2S2. The Bertz CT molecular complexity index is 560. The lowest BCUT2D eigenvalue weighted by Crippen LogP contribution is -2.45. The van der Waals surface area contributed by atoms with Crippen molar-refractivity contribution in [2.24, 2.45) is 0 Å². The number of nitrogens with zero attached hydrogens (tertiary/aromatic N) is 2. The van der Waals surface area contributed by atoms with Gasteiger partial charge in [-0.15, -0.1) is 11.3 Å². The van der Waals surface area contributed by atoms with Gasteiger partial charge >= 0.3 is 0 Å². The van der Waals surface area contributed by atoms with E-state index in [9.17, 15) is 8.42 Å². The van der Waals surface area contributed by atoms with Crippen LogP contribution < -0.4 is 5.32 Å². The van der Waals surface area contributed by atoms with E-state index in [2.05, 4.69) is 17.2 Å². The lowest BCUT2D eigenvalue weighted by atomic mass is 10.1.